The number of rotatable bonds is 3. The Morgan fingerprint density at radius 1 is 1.27 bits per heavy atom. The largest absolute Gasteiger partial charge is 0.496 e. The molecule has 1 heterocycles. The molecule has 1 aromatic carbocycles. The number of nitrogens with zero attached hydrogens (tertiary/aromatic N) is 2. The molecule has 1 aliphatic rings. The van der Waals surface area contributed by atoms with Crippen LogP contribution in [-0.2, 0) is 9.63 Å². The Hall–Kier alpha value is -2.08. The number of carbonyl (C=O) groups is 2. The fourth-order valence-electron chi connectivity index (χ4n) is 2.17. The molecule has 0 atom stereocenters. The van der Waals surface area contributed by atoms with Crippen LogP contribution < -0.4 is 4.74 Å². The lowest BCUT2D eigenvalue weighted by Crippen LogP contribution is -2.37. The number of amides is 1. The molecule has 6 nitrogen and oxygen atoms in total. The van der Waals surface area contributed by atoms with Gasteiger partial charge in [-0.25, -0.2) is 4.79 Å². The molecule has 1 saturated heterocycles. The molecule has 1 amide bonds. The van der Waals surface area contributed by atoms with E-state index in [2.05, 4.69) is 5.16 Å². The Labute approximate surface area is 133 Å². The van der Waals surface area contributed by atoms with E-state index in [4.69, 9.17) is 21.2 Å². The quantitative estimate of drug-likeness (QED) is 0.633. The number of piperidine rings is 1. The third-order valence-electron chi connectivity index (χ3n) is 3.43. The summed E-state index contributed by atoms with van der Waals surface area (Å²) >= 11 is 5.88. The van der Waals surface area contributed by atoms with Gasteiger partial charge in [-0.3, -0.25) is 4.79 Å². The fraction of sp³-hybridized carbons (Fsp3) is 0.400. The van der Waals surface area contributed by atoms with Crippen molar-refractivity contribution in [1.29, 1.82) is 0 Å². The lowest BCUT2D eigenvalue weighted by atomic mass is 10.1. The molecule has 2 rings (SSSR count). The van der Waals surface area contributed by atoms with Crippen LogP contribution in [0.4, 0.5) is 0 Å². The average Bonchev–Trinajstić information content (AvgIpc) is 2.53. The van der Waals surface area contributed by atoms with Crippen LogP contribution in [0.3, 0.4) is 0 Å². The Balaban J connectivity index is 2.00. The molecule has 0 spiro atoms. The normalized spacial score (nSPS) is 14.5. The summed E-state index contributed by atoms with van der Waals surface area (Å²) in [5, 5.41) is 4.30. The van der Waals surface area contributed by atoms with Gasteiger partial charge in [0, 0.05) is 37.9 Å². The number of hydrogen-bond acceptors (Lipinski definition) is 5. The van der Waals surface area contributed by atoms with Gasteiger partial charge in [0.15, 0.2) is 0 Å². The Bertz CT molecular complexity index is 606. The molecular weight excluding hydrogens is 308 g/mol. The first-order valence-corrected chi connectivity index (χ1v) is 7.25. The van der Waals surface area contributed by atoms with E-state index in [1.165, 1.54) is 20.1 Å². The summed E-state index contributed by atoms with van der Waals surface area (Å²) in [4.78, 5) is 30.0. The molecule has 0 bridgehead atoms. The average molecular weight is 325 g/mol. The monoisotopic (exact) mass is 324 g/mol. The topological polar surface area (TPSA) is 68.2 Å². The number of ether oxygens (including phenoxy) is 1. The third-order valence-corrected chi connectivity index (χ3v) is 3.66. The van der Waals surface area contributed by atoms with Crippen molar-refractivity contribution in [3.05, 3.63) is 28.8 Å². The Kier molecular flexibility index (Phi) is 5.38. The van der Waals surface area contributed by atoms with Gasteiger partial charge >= 0.3 is 5.97 Å². The molecule has 0 unspecified atom stereocenters. The van der Waals surface area contributed by atoms with Crippen LogP contribution in [-0.4, -0.2) is 42.7 Å². The summed E-state index contributed by atoms with van der Waals surface area (Å²) in [6.07, 6.45) is 1.19. The molecule has 1 aliphatic heterocycles. The molecule has 22 heavy (non-hydrogen) atoms. The molecule has 7 heteroatoms. The van der Waals surface area contributed by atoms with Crippen molar-refractivity contribution in [3.8, 4) is 5.75 Å². The number of methoxy groups -OCH3 is 1. The number of hydrogen-bond donors (Lipinski definition) is 0. The maximum absolute atomic E-state index is 12.1. The van der Waals surface area contributed by atoms with Crippen LogP contribution in [0.15, 0.2) is 23.4 Å². The van der Waals surface area contributed by atoms with Crippen LogP contribution in [0.25, 0.3) is 0 Å². The summed E-state index contributed by atoms with van der Waals surface area (Å²) < 4.78 is 5.10. The maximum atomic E-state index is 12.1. The Morgan fingerprint density at radius 2 is 1.95 bits per heavy atom. The summed E-state index contributed by atoms with van der Waals surface area (Å²) in [5.74, 6) is -0.207. The molecule has 1 aromatic rings. The molecule has 0 aliphatic carbocycles. The van der Waals surface area contributed by atoms with Gasteiger partial charge in [0.05, 0.1) is 12.8 Å². The van der Waals surface area contributed by atoms with E-state index < -0.39 is 5.97 Å². The number of oxime groups is 1. The van der Waals surface area contributed by atoms with Gasteiger partial charge < -0.3 is 14.5 Å². The second kappa shape index (κ2) is 7.26. The highest BCUT2D eigenvalue weighted by molar-refractivity contribution is 6.31. The van der Waals surface area contributed by atoms with Gasteiger partial charge in [0.1, 0.15) is 11.3 Å². The molecule has 0 N–H and O–H groups in total. The van der Waals surface area contributed by atoms with Gasteiger partial charge in [-0.2, -0.15) is 0 Å². The number of benzene rings is 1. The molecule has 1 fully saturated rings. The van der Waals surface area contributed by atoms with Crippen LogP contribution >= 0.6 is 11.6 Å². The van der Waals surface area contributed by atoms with Crippen molar-refractivity contribution >= 4 is 29.2 Å². The highest BCUT2D eigenvalue weighted by Gasteiger charge is 2.19. The second-order valence-corrected chi connectivity index (χ2v) is 5.32. The lowest BCUT2D eigenvalue weighted by Gasteiger charge is -2.25. The van der Waals surface area contributed by atoms with Crippen LogP contribution in [0.5, 0.6) is 5.75 Å². The predicted octanol–water partition coefficient (Wildman–Crippen LogP) is 2.50. The molecule has 118 valence electrons. The van der Waals surface area contributed by atoms with E-state index in [0.717, 1.165) is 5.71 Å². The number of halogens is 1. The number of likely N-dealkylation sites (tertiary alicyclic amines) is 1. The molecule has 0 radical (unpaired) electrons. The van der Waals surface area contributed by atoms with Crippen molar-refractivity contribution in [3.63, 3.8) is 0 Å². The first kappa shape index (κ1) is 16.3. The molecule has 0 saturated carbocycles. The van der Waals surface area contributed by atoms with Crippen LogP contribution in [0.1, 0.15) is 30.1 Å². The van der Waals surface area contributed by atoms with E-state index in [0.29, 0.717) is 36.7 Å². The first-order valence-electron chi connectivity index (χ1n) is 6.87. The first-order chi connectivity index (χ1) is 10.5. The van der Waals surface area contributed by atoms with Gasteiger partial charge in [-0.1, -0.05) is 16.8 Å². The standard InChI is InChI=1S/C15H17ClN2O4/c1-10(19)18-7-5-12(6-8-18)17-22-15(20)13-9-11(16)3-4-14(13)21-2/h3-4,9H,5-8H2,1-2H3. The SMILES string of the molecule is COc1ccc(Cl)cc1C(=O)ON=C1CCN(C(C)=O)CC1. The van der Waals surface area contributed by atoms with E-state index in [9.17, 15) is 9.59 Å². The van der Waals surface area contributed by atoms with Gasteiger partial charge in [-0.15, -0.1) is 0 Å². The predicted molar refractivity (Wildman–Crippen MR) is 82.3 cm³/mol. The molecular formula is C15H17ClN2O4. The van der Waals surface area contributed by atoms with Crippen molar-refractivity contribution in [1.82, 2.24) is 4.90 Å². The summed E-state index contributed by atoms with van der Waals surface area (Å²) in [7, 11) is 1.46. The minimum absolute atomic E-state index is 0.0414. The van der Waals surface area contributed by atoms with Crippen LogP contribution in [0.2, 0.25) is 5.02 Å². The van der Waals surface area contributed by atoms with Crippen molar-refractivity contribution < 1.29 is 19.2 Å². The van der Waals surface area contributed by atoms with Crippen molar-refractivity contribution in [2.24, 2.45) is 5.16 Å². The maximum Gasteiger partial charge on any atom is 0.369 e. The van der Waals surface area contributed by atoms with Crippen LogP contribution in [0, 0.1) is 0 Å². The van der Waals surface area contributed by atoms with Crippen molar-refractivity contribution in [2.45, 2.75) is 19.8 Å². The van der Waals surface area contributed by atoms with Gasteiger partial charge in [-0.05, 0) is 18.2 Å². The smallest absolute Gasteiger partial charge is 0.369 e. The van der Waals surface area contributed by atoms with Crippen molar-refractivity contribution in [2.75, 3.05) is 20.2 Å². The third kappa shape index (κ3) is 3.98. The fourth-order valence-corrected chi connectivity index (χ4v) is 2.34. The summed E-state index contributed by atoms with van der Waals surface area (Å²) in [5.41, 5.74) is 0.979. The highest BCUT2D eigenvalue weighted by Crippen LogP contribution is 2.23. The van der Waals surface area contributed by atoms with Gasteiger partial charge in [0.2, 0.25) is 5.91 Å². The Morgan fingerprint density at radius 3 is 2.55 bits per heavy atom. The summed E-state index contributed by atoms with van der Waals surface area (Å²) in [6.45, 7) is 2.71. The molecule has 0 aromatic heterocycles. The van der Waals surface area contributed by atoms with E-state index in [-0.39, 0.29) is 11.5 Å². The zero-order valence-corrected chi connectivity index (χ0v) is 13.2. The minimum atomic E-state index is -0.624. The van der Waals surface area contributed by atoms with E-state index in [1.807, 2.05) is 0 Å². The van der Waals surface area contributed by atoms with E-state index >= 15 is 0 Å². The summed E-state index contributed by atoms with van der Waals surface area (Å²) in [6, 6.07) is 4.69. The second-order valence-electron chi connectivity index (χ2n) is 4.89. The zero-order chi connectivity index (χ0) is 16.1. The highest BCUT2D eigenvalue weighted by atomic mass is 35.5. The lowest BCUT2D eigenvalue weighted by molar-refractivity contribution is -0.128. The van der Waals surface area contributed by atoms with Gasteiger partial charge in [0.25, 0.3) is 0 Å². The minimum Gasteiger partial charge on any atom is -0.496 e. The van der Waals surface area contributed by atoms with E-state index in [1.54, 1.807) is 17.0 Å². The number of carbonyl (C=O) groups excluding carboxylic acids is 2. The zero-order valence-electron chi connectivity index (χ0n) is 12.5.